The van der Waals surface area contributed by atoms with Crippen molar-refractivity contribution in [3.8, 4) is 11.5 Å². The maximum Gasteiger partial charge on any atom is 0.122 e. The lowest BCUT2D eigenvalue weighted by Gasteiger charge is -2.24. The Morgan fingerprint density at radius 1 is 1.20 bits per heavy atom. The number of likely N-dealkylation sites (N-methyl/N-ethyl adjacent to an activating group) is 1. The maximum absolute atomic E-state index is 5.29. The minimum Gasteiger partial charge on any atom is -0.497 e. The van der Waals surface area contributed by atoms with Crippen LogP contribution in [0.4, 0.5) is 0 Å². The van der Waals surface area contributed by atoms with Crippen LogP contribution in [0.25, 0.3) is 0 Å². The second kappa shape index (κ2) is 6.95. The molecule has 0 heterocycles. The molecule has 1 N–H and O–H groups in total. The monoisotopic (exact) mass is 278 g/mol. The molecule has 0 amide bonds. The van der Waals surface area contributed by atoms with Crippen molar-refractivity contribution in [3.05, 3.63) is 23.8 Å². The Hall–Kier alpha value is -1.26. The molecule has 1 unspecified atom stereocenters. The summed E-state index contributed by atoms with van der Waals surface area (Å²) in [6.07, 6.45) is 2.71. The molecule has 1 saturated carbocycles. The molecule has 0 spiro atoms. The SMILES string of the molecule is COc1cc(CNCC(C)N(C)C2CC2)cc(OC)c1. The highest BCUT2D eigenvalue weighted by Crippen LogP contribution is 2.26. The molecule has 1 aliphatic rings. The van der Waals surface area contributed by atoms with Gasteiger partial charge in [-0.25, -0.2) is 0 Å². The number of nitrogens with zero attached hydrogens (tertiary/aromatic N) is 1. The number of hydrogen-bond donors (Lipinski definition) is 1. The van der Waals surface area contributed by atoms with Gasteiger partial charge in [0.15, 0.2) is 0 Å². The van der Waals surface area contributed by atoms with Gasteiger partial charge in [-0.1, -0.05) is 0 Å². The quantitative estimate of drug-likeness (QED) is 0.791. The number of hydrogen-bond acceptors (Lipinski definition) is 4. The lowest BCUT2D eigenvalue weighted by atomic mass is 10.2. The Balaban J connectivity index is 1.83. The van der Waals surface area contributed by atoms with Gasteiger partial charge in [0.1, 0.15) is 11.5 Å². The molecular weight excluding hydrogens is 252 g/mol. The zero-order chi connectivity index (χ0) is 14.5. The van der Waals surface area contributed by atoms with Gasteiger partial charge in [-0.15, -0.1) is 0 Å². The van der Waals surface area contributed by atoms with E-state index in [1.807, 2.05) is 18.2 Å². The van der Waals surface area contributed by atoms with Gasteiger partial charge < -0.3 is 14.8 Å². The molecule has 0 bridgehead atoms. The topological polar surface area (TPSA) is 33.7 Å². The molecule has 0 aliphatic heterocycles. The van der Waals surface area contributed by atoms with Crippen LogP contribution in [0.15, 0.2) is 18.2 Å². The van der Waals surface area contributed by atoms with Gasteiger partial charge in [-0.2, -0.15) is 0 Å². The lowest BCUT2D eigenvalue weighted by Crippen LogP contribution is -2.38. The highest BCUT2D eigenvalue weighted by molar-refractivity contribution is 5.38. The molecule has 1 aromatic rings. The third-order valence-electron chi connectivity index (χ3n) is 4.00. The molecule has 0 aromatic heterocycles. The van der Waals surface area contributed by atoms with Crippen molar-refractivity contribution in [1.82, 2.24) is 10.2 Å². The molecule has 112 valence electrons. The fraction of sp³-hybridized carbons (Fsp3) is 0.625. The first-order valence-corrected chi connectivity index (χ1v) is 7.28. The van der Waals surface area contributed by atoms with E-state index >= 15 is 0 Å². The van der Waals surface area contributed by atoms with E-state index in [9.17, 15) is 0 Å². The second-order valence-corrected chi connectivity index (χ2v) is 5.60. The Morgan fingerprint density at radius 2 is 1.80 bits per heavy atom. The van der Waals surface area contributed by atoms with Crippen molar-refractivity contribution >= 4 is 0 Å². The molecule has 4 nitrogen and oxygen atoms in total. The van der Waals surface area contributed by atoms with Gasteiger partial charge in [0.25, 0.3) is 0 Å². The van der Waals surface area contributed by atoms with Crippen molar-refractivity contribution in [2.45, 2.75) is 38.4 Å². The lowest BCUT2D eigenvalue weighted by molar-refractivity contribution is 0.241. The molecule has 2 rings (SSSR count). The van der Waals surface area contributed by atoms with Crippen LogP contribution in [0, 0.1) is 0 Å². The second-order valence-electron chi connectivity index (χ2n) is 5.60. The Bertz CT molecular complexity index is 410. The summed E-state index contributed by atoms with van der Waals surface area (Å²) >= 11 is 0. The highest BCUT2D eigenvalue weighted by atomic mass is 16.5. The van der Waals surface area contributed by atoms with Gasteiger partial charge in [0.05, 0.1) is 14.2 Å². The van der Waals surface area contributed by atoms with Gasteiger partial charge >= 0.3 is 0 Å². The Kier molecular flexibility index (Phi) is 5.26. The molecule has 1 aromatic carbocycles. The summed E-state index contributed by atoms with van der Waals surface area (Å²) in [5, 5.41) is 3.51. The number of rotatable bonds is 8. The summed E-state index contributed by atoms with van der Waals surface area (Å²) in [5.74, 6) is 1.67. The van der Waals surface area contributed by atoms with Crippen molar-refractivity contribution in [2.75, 3.05) is 27.8 Å². The van der Waals surface area contributed by atoms with Crippen molar-refractivity contribution in [2.24, 2.45) is 0 Å². The molecule has 1 atom stereocenters. The summed E-state index contributed by atoms with van der Waals surface area (Å²) in [7, 11) is 5.58. The summed E-state index contributed by atoms with van der Waals surface area (Å²) in [6.45, 7) is 4.10. The van der Waals surface area contributed by atoms with Crippen LogP contribution in [-0.4, -0.2) is 44.8 Å². The zero-order valence-electron chi connectivity index (χ0n) is 13.0. The van der Waals surface area contributed by atoms with E-state index in [-0.39, 0.29) is 0 Å². The van der Waals surface area contributed by atoms with E-state index in [0.29, 0.717) is 6.04 Å². The van der Waals surface area contributed by atoms with Crippen molar-refractivity contribution in [1.29, 1.82) is 0 Å². The Morgan fingerprint density at radius 3 is 2.30 bits per heavy atom. The molecule has 1 fully saturated rings. The third kappa shape index (κ3) is 4.12. The summed E-state index contributed by atoms with van der Waals surface area (Å²) in [6, 6.07) is 7.36. The van der Waals surface area contributed by atoms with E-state index in [1.165, 1.54) is 18.4 Å². The van der Waals surface area contributed by atoms with Gasteiger partial charge in [0, 0.05) is 31.2 Å². The predicted octanol–water partition coefficient (Wildman–Crippen LogP) is 2.28. The molecule has 20 heavy (non-hydrogen) atoms. The first-order valence-electron chi connectivity index (χ1n) is 7.28. The van der Waals surface area contributed by atoms with Crippen LogP contribution < -0.4 is 14.8 Å². The largest absolute Gasteiger partial charge is 0.497 e. The van der Waals surface area contributed by atoms with E-state index in [4.69, 9.17) is 9.47 Å². The van der Waals surface area contributed by atoms with Crippen LogP contribution in [-0.2, 0) is 6.54 Å². The van der Waals surface area contributed by atoms with E-state index < -0.39 is 0 Å². The summed E-state index contributed by atoms with van der Waals surface area (Å²) in [5.41, 5.74) is 1.18. The average Bonchev–Trinajstić information content (AvgIpc) is 3.30. The average molecular weight is 278 g/mol. The van der Waals surface area contributed by atoms with E-state index in [0.717, 1.165) is 30.6 Å². The third-order valence-corrected chi connectivity index (χ3v) is 4.00. The molecule has 0 radical (unpaired) electrons. The number of nitrogens with one attached hydrogen (secondary N) is 1. The first kappa shape index (κ1) is 15.1. The van der Waals surface area contributed by atoms with Crippen molar-refractivity contribution in [3.63, 3.8) is 0 Å². The van der Waals surface area contributed by atoms with E-state index in [2.05, 4.69) is 24.2 Å². The van der Waals surface area contributed by atoms with Crippen LogP contribution in [0.5, 0.6) is 11.5 Å². The normalized spacial score (nSPS) is 16.2. The van der Waals surface area contributed by atoms with Crippen molar-refractivity contribution < 1.29 is 9.47 Å². The standard InChI is InChI=1S/C16H26N2O2/c1-12(18(2)14-5-6-14)10-17-11-13-7-15(19-3)9-16(8-13)20-4/h7-9,12,14,17H,5-6,10-11H2,1-4H3. The van der Waals surface area contributed by atoms with Gasteiger partial charge in [0.2, 0.25) is 0 Å². The molecule has 1 aliphatic carbocycles. The van der Waals surface area contributed by atoms with Crippen LogP contribution in [0.1, 0.15) is 25.3 Å². The molecule has 4 heteroatoms. The fourth-order valence-electron chi connectivity index (χ4n) is 2.38. The smallest absolute Gasteiger partial charge is 0.122 e. The number of benzene rings is 1. The number of ether oxygens (including phenoxy) is 2. The molecule has 0 saturated heterocycles. The summed E-state index contributed by atoms with van der Waals surface area (Å²) in [4.78, 5) is 2.47. The minimum absolute atomic E-state index is 0.565. The zero-order valence-corrected chi connectivity index (χ0v) is 13.0. The van der Waals surface area contributed by atoms with Crippen LogP contribution in [0.3, 0.4) is 0 Å². The predicted molar refractivity (Wildman–Crippen MR) is 81.5 cm³/mol. The maximum atomic E-state index is 5.29. The van der Waals surface area contributed by atoms with E-state index in [1.54, 1.807) is 14.2 Å². The summed E-state index contributed by atoms with van der Waals surface area (Å²) < 4.78 is 10.6. The van der Waals surface area contributed by atoms with Crippen LogP contribution >= 0.6 is 0 Å². The first-order chi connectivity index (χ1) is 9.63. The number of methoxy groups -OCH3 is 2. The van der Waals surface area contributed by atoms with Gasteiger partial charge in [-0.05, 0) is 44.5 Å². The minimum atomic E-state index is 0.565. The Labute approximate surface area is 122 Å². The van der Waals surface area contributed by atoms with Gasteiger partial charge in [-0.3, -0.25) is 4.90 Å². The van der Waals surface area contributed by atoms with Crippen LogP contribution in [0.2, 0.25) is 0 Å². The highest BCUT2D eigenvalue weighted by Gasteiger charge is 2.28. The molecular formula is C16H26N2O2. The fourth-order valence-corrected chi connectivity index (χ4v) is 2.38.